The Hall–Kier alpha value is -2.81. The van der Waals surface area contributed by atoms with Gasteiger partial charge < -0.3 is 10.1 Å². The molecule has 0 spiro atoms. The van der Waals surface area contributed by atoms with Crippen LogP contribution in [-0.4, -0.2) is 28.3 Å². The first-order valence-electron chi connectivity index (χ1n) is 10.3. The van der Waals surface area contributed by atoms with Gasteiger partial charge in [-0.25, -0.2) is 4.98 Å². The summed E-state index contributed by atoms with van der Waals surface area (Å²) in [5.74, 6) is 0.418. The van der Waals surface area contributed by atoms with E-state index in [0.29, 0.717) is 38.4 Å². The third-order valence-corrected chi connectivity index (χ3v) is 7.32. The molecule has 0 aliphatic rings. The molecular weight excluding hydrogens is 478 g/mol. The molecule has 0 saturated carbocycles. The van der Waals surface area contributed by atoms with E-state index >= 15 is 0 Å². The van der Waals surface area contributed by atoms with Gasteiger partial charge in [-0.15, -0.1) is 11.3 Å². The predicted octanol–water partition coefficient (Wildman–Crippen LogP) is 5.85. The van der Waals surface area contributed by atoms with Crippen LogP contribution in [0.4, 0.5) is 5.69 Å². The molecule has 0 fully saturated rings. The summed E-state index contributed by atoms with van der Waals surface area (Å²) in [5.41, 5.74) is 4.26. The van der Waals surface area contributed by atoms with Crippen molar-refractivity contribution in [3.05, 3.63) is 68.8 Å². The topological polar surface area (TPSA) is 73.2 Å². The number of thioether (sulfide) groups is 1. The molecule has 2 aromatic carbocycles. The number of carbonyl (C=O) groups excluding carboxylic acids is 1. The number of fused-ring (bicyclic) bond motifs is 1. The maximum atomic E-state index is 13.1. The SMILES string of the molecule is CCn1c(SCC(=O)Nc2ccc(OC)c(Cl)c2)nc2c(-c3ccc(C)cc3)csc2c1=O. The number of nitrogens with one attached hydrogen (secondary N) is 1. The summed E-state index contributed by atoms with van der Waals surface area (Å²) < 4.78 is 7.36. The van der Waals surface area contributed by atoms with Gasteiger partial charge in [0.1, 0.15) is 10.4 Å². The Balaban J connectivity index is 1.59. The molecule has 4 aromatic rings. The Bertz CT molecular complexity index is 1380. The number of amides is 1. The van der Waals surface area contributed by atoms with Gasteiger partial charge in [0.25, 0.3) is 5.56 Å². The summed E-state index contributed by atoms with van der Waals surface area (Å²) in [6, 6.07) is 13.2. The molecule has 4 rings (SSSR count). The highest BCUT2D eigenvalue weighted by Gasteiger charge is 2.17. The maximum Gasteiger partial charge on any atom is 0.272 e. The van der Waals surface area contributed by atoms with Crippen LogP contribution in [-0.2, 0) is 11.3 Å². The quantitative estimate of drug-likeness (QED) is 0.255. The van der Waals surface area contributed by atoms with Gasteiger partial charge in [0.2, 0.25) is 5.91 Å². The van der Waals surface area contributed by atoms with Crippen LogP contribution >= 0.6 is 34.7 Å². The molecule has 2 heterocycles. The second-order valence-electron chi connectivity index (χ2n) is 7.32. The van der Waals surface area contributed by atoms with Gasteiger partial charge >= 0.3 is 0 Å². The molecule has 0 saturated heterocycles. The van der Waals surface area contributed by atoms with E-state index in [4.69, 9.17) is 21.3 Å². The van der Waals surface area contributed by atoms with Crippen LogP contribution in [0.25, 0.3) is 21.3 Å². The van der Waals surface area contributed by atoms with E-state index in [-0.39, 0.29) is 17.2 Å². The Labute approximate surface area is 204 Å². The van der Waals surface area contributed by atoms with E-state index in [0.717, 1.165) is 11.1 Å². The number of aromatic nitrogens is 2. The number of carbonyl (C=O) groups is 1. The number of hydrogen-bond donors (Lipinski definition) is 1. The van der Waals surface area contributed by atoms with E-state index in [1.54, 1.807) is 22.8 Å². The van der Waals surface area contributed by atoms with Crippen molar-refractivity contribution >= 4 is 56.5 Å². The molecule has 0 unspecified atom stereocenters. The summed E-state index contributed by atoms with van der Waals surface area (Å²) in [5, 5.41) is 5.72. The highest BCUT2D eigenvalue weighted by atomic mass is 35.5. The molecule has 9 heteroatoms. The Kier molecular flexibility index (Phi) is 7.07. The van der Waals surface area contributed by atoms with E-state index in [1.807, 2.05) is 43.5 Å². The maximum absolute atomic E-state index is 13.1. The fraction of sp³-hybridized carbons (Fsp3) is 0.208. The molecule has 0 bridgehead atoms. The summed E-state index contributed by atoms with van der Waals surface area (Å²) in [4.78, 5) is 30.5. The zero-order valence-electron chi connectivity index (χ0n) is 18.3. The molecule has 170 valence electrons. The van der Waals surface area contributed by atoms with Crippen molar-refractivity contribution in [1.82, 2.24) is 9.55 Å². The Morgan fingerprint density at radius 2 is 2.00 bits per heavy atom. The number of ether oxygens (including phenoxy) is 1. The van der Waals surface area contributed by atoms with Crippen LogP contribution in [0, 0.1) is 6.92 Å². The van der Waals surface area contributed by atoms with Crippen molar-refractivity contribution in [3.8, 4) is 16.9 Å². The fourth-order valence-electron chi connectivity index (χ4n) is 3.38. The summed E-state index contributed by atoms with van der Waals surface area (Å²) >= 11 is 8.77. The van der Waals surface area contributed by atoms with Crippen molar-refractivity contribution in [1.29, 1.82) is 0 Å². The first-order chi connectivity index (χ1) is 15.9. The molecule has 0 aliphatic heterocycles. The minimum absolute atomic E-state index is 0.0873. The van der Waals surface area contributed by atoms with E-state index in [9.17, 15) is 9.59 Å². The second-order valence-corrected chi connectivity index (χ2v) is 9.55. The lowest BCUT2D eigenvalue weighted by atomic mass is 10.1. The summed E-state index contributed by atoms with van der Waals surface area (Å²) in [6.45, 7) is 4.40. The van der Waals surface area contributed by atoms with E-state index < -0.39 is 0 Å². The lowest BCUT2D eigenvalue weighted by Gasteiger charge is -2.11. The zero-order valence-corrected chi connectivity index (χ0v) is 20.7. The van der Waals surface area contributed by atoms with Gasteiger partial charge in [0.05, 0.1) is 23.4 Å². The minimum atomic E-state index is -0.220. The van der Waals surface area contributed by atoms with Gasteiger partial charge in [-0.3, -0.25) is 14.2 Å². The third kappa shape index (κ3) is 4.93. The van der Waals surface area contributed by atoms with Crippen LogP contribution in [0.5, 0.6) is 5.75 Å². The van der Waals surface area contributed by atoms with Crippen molar-refractivity contribution in [2.24, 2.45) is 0 Å². The molecular formula is C24H22ClN3O3S2. The zero-order chi connectivity index (χ0) is 23.5. The van der Waals surface area contributed by atoms with E-state index in [2.05, 4.69) is 5.32 Å². The fourth-order valence-corrected chi connectivity index (χ4v) is 5.45. The van der Waals surface area contributed by atoms with Crippen LogP contribution in [0.15, 0.2) is 57.8 Å². The lowest BCUT2D eigenvalue weighted by Crippen LogP contribution is -2.22. The molecule has 6 nitrogen and oxygen atoms in total. The predicted molar refractivity (Wildman–Crippen MR) is 137 cm³/mol. The third-order valence-electron chi connectivity index (χ3n) is 5.09. The summed E-state index contributed by atoms with van der Waals surface area (Å²) in [7, 11) is 1.53. The molecule has 33 heavy (non-hydrogen) atoms. The number of rotatable bonds is 7. The molecule has 2 aromatic heterocycles. The highest BCUT2D eigenvalue weighted by Crippen LogP contribution is 2.33. The molecule has 0 aliphatic carbocycles. The normalized spacial score (nSPS) is 11.0. The molecule has 0 atom stereocenters. The lowest BCUT2D eigenvalue weighted by molar-refractivity contribution is -0.113. The number of anilines is 1. The number of halogens is 1. The number of methoxy groups -OCH3 is 1. The largest absolute Gasteiger partial charge is 0.495 e. The van der Waals surface area contributed by atoms with Crippen molar-refractivity contribution in [3.63, 3.8) is 0 Å². The Morgan fingerprint density at radius 3 is 2.67 bits per heavy atom. The number of benzene rings is 2. The average Bonchev–Trinajstić information content (AvgIpc) is 3.22. The monoisotopic (exact) mass is 499 g/mol. The van der Waals surface area contributed by atoms with Gasteiger partial charge in [-0.05, 0) is 37.6 Å². The van der Waals surface area contributed by atoms with Crippen LogP contribution in [0.1, 0.15) is 12.5 Å². The number of thiophene rings is 1. The van der Waals surface area contributed by atoms with Crippen molar-refractivity contribution < 1.29 is 9.53 Å². The van der Waals surface area contributed by atoms with Gasteiger partial charge in [0, 0.05) is 23.2 Å². The summed E-state index contributed by atoms with van der Waals surface area (Å²) in [6.07, 6.45) is 0. The number of nitrogens with zero attached hydrogens (tertiary/aromatic N) is 2. The second kappa shape index (κ2) is 9.99. The van der Waals surface area contributed by atoms with Crippen molar-refractivity contribution in [2.75, 3.05) is 18.2 Å². The van der Waals surface area contributed by atoms with Crippen LogP contribution < -0.4 is 15.6 Å². The minimum Gasteiger partial charge on any atom is -0.495 e. The number of aryl methyl sites for hydroxylation is 1. The average molecular weight is 500 g/mol. The Morgan fingerprint density at radius 1 is 1.24 bits per heavy atom. The molecule has 1 amide bonds. The first-order valence-corrected chi connectivity index (χ1v) is 12.5. The van der Waals surface area contributed by atoms with E-state index in [1.165, 1.54) is 35.8 Å². The van der Waals surface area contributed by atoms with Crippen molar-refractivity contribution in [2.45, 2.75) is 25.5 Å². The highest BCUT2D eigenvalue weighted by molar-refractivity contribution is 7.99. The van der Waals surface area contributed by atoms with Crippen LogP contribution in [0.3, 0.4) is 0 Å². The first kappa shape index (κ1) is 23.4. The van der Waals surface area contributed by atoms with Crippen LogP contribution in [0.2, 0.25) is 5.02 Å². The molecule has 0 radical (unpaired) electrons. The van der Waals surface area contributed by atoms with Gasteiger partial charge in [-0.1, -0.05) is 53.2 Å². The van der Waals surface area contributed by atoms with Gasteiger partial charge in [-0.2, -0.15) is 0 Å². The molecule has 1 N–H and O–H groups in total. The standard InChI is InChI=1S/C24H22ClN3O3S2/c1-4-28-23(30)22-21(17(12-32-22)15-7-5-14(2)6-8-15)27-24(28)33-13-20(29)26-16-9-10-19(31-3)18(25)11-16/h5-12H,4,13H2,1-3H3,(H,26,29). The number of hydrogen-bond acceptors (Lipinski definition) is 6. The smallest absolute Gasteiger partial charge is 0.272 e. The van der Waals surface area contributed by atoms with Gasteiger partial charge in [0.15, 0.2) is 5.16 Å².